The Morgan fingerprint density at radius 3 is 2.78 bits per heavy atom. The van der Waals surface area contributed by atoms with Crippen molar-refractivity contribution in [2.24, 2.45) is 5.41 Å². The van der Waals surface area contributed by atoms with Crippen LogP contribution in [0.5, 0.6) is 0 Å². The van der Waals surface area contributed by atoms with E-state index in [-0.39, 0.29) is 11.5 Å². The average Bonchev–Trinajstić information content (AvgIpc) is 2.28. The second kappa shape index (κ2) is 5.07. The van der Waals surface area contributed by atoms with Gasteiger partial charge in [-0.05, 0) is 5.41 Å². The summed E-state index contributed by atoms with van der Waals surface area (Å²) in [6.07, 6.45) is 0.766. The van der Waals surface area contributed by atoms with Gasteiger partial charge in [0, 0.05) is 24.8 Å². The number of H-pyrrole nitrogens is 1. The van der Waals surface area contributed by atoms with E-state index in [1.165, 1.54) is 0 Å². The average molecular weight is 268 g/mol. The first-order valence-electron chi connectivity index (χ1n) is 6.16. The summed E-state index contributed by atoms with van der Waals surface area (Å²) in [6, 6.07) is 0. The molecule has 0 saturated heterocycles. The van der Waals surface area contributed by atoms with Crippen LogP contribution in [0.3, 0.4) is 0 Å². The molecule has 1 aromatic rings. The Morgan fingerprint density at radius 1 is 1.44 bits per heavy atom. The van der Waals surface area contributed by atoms with Crippen molar-refractivity contribution in [2.45, 2.75) is 39.9 Å². The molecule has 2 heterocycles. The van der Waals surface area contributed by atoms with E-state index < -0.39 is 0 Å². The third kappa shape index (κ3) is 2.63. The van der Waals surface area contributed by atoms with Crippen molar-refractivity contribution in [1.29, 1.82) is 0 Å². The summed E-state index contributed by atoms with van der Waals surface area (Å²) in [6.45, 7) is 7.67. The van der Waals surface area contributed by atoms with Crippen LogP contribution in [0, 0.1) is 10.1 Å². The molecule has 0 bridgehead atoms. The summed E-state index contributed by atoms with van der Waals surface area (Å²) in [7, 11) is 1.71. The highest BCUT2D eigenvalue weighted by atomic mass is 32.1. The first-order valence-corrected chi connectivity index (χ1v) is 6.57. The molecule has 0 saturated carbocycles. The Bertz CT molecular complexity index is 491. The Hall–Kier alpha value is -0.780. The lowest BCUT2D eigenvalue weighted by Gasteiger charge is -2.29. The molecule has 18 heavy (non-hydrogen) atoms. The molecule has 1 N–H and O–H groups in total. The van der Waals surface area contributed by atoms with E-state index >= 15 is 0 Å². The van der Waals surface area contributed by atoms with Crippen molar-refractivity contribution in [2.75, 3.05) is 13.7 Å². The van der Waals surface area contributed by atoms with E-state index in [0.717, 1.165) is 30.1 Å². The van der Waals surface area contributed by atoms with E-state index in [9.17, 15) is 0 Å². The van der Waals surface area contributed by atoms with Gasteiger partial charge in [-0.1, -0.05) is 33.0 Å². The Balaban J connectivity index is 2.46. The third-order valence-electron chi connectivity index (χ3n) is 3.14. The molecule has 1 aromatic heterocycles. The maximum atomic E-state index is 5.58. The van der Waals surface area contributed by atoms with Crippen LogP contribution >= 0.6 is 12.2 Å². The van der Waals surface area contributed by atoms with E-state index in [2.05, 4.69) is 30.7 Å². The minimum absolute atomic E-state index is 0.0283. The Morgan fingerprint density at radius 2 is 2.17 bits per heavy atom. The molecule has 0 aromatic carbocycles. The highest BCUT2D eigenvalue weighted by molar-refractivity contribution is 7.71. The lowest BCUT2D eigenvalue weighted by atomic mass is 9.88. The fourth-order valence-corrected chi connectivity index (χ4v) is 2.55. The SMILES string of the molecule is COC(c1nc(=S)c2c([nH]1)CCOC2)C(C)(C)C. The largest absolute Gasteiger partial charge is 0.376 e. The molecule has 100 valence electrons. The number of nitrogens with zero attached hydrogens (tertiary/aromatic N) is 1. The number of aromatic nitrogens is 2. The molecule has 0 aliphatic carbocycles. The predicted octanol–water partition coefficient (Wildman–Crippen LogP) is 2.95. The number of nitrogens with one attached hydrogen (secondary N) is 1. The molecule has 1 aliphatic rings. The Labute approximate surface area is 113 Å². The normalized spacial score (nSPS) is 17.3. The zero-order valence-electron chi connectivity index (χ0n) is 11.4. The van der Waals surface area contributed by atoms with E-state index in [1.807, 2.05) is 0 Å². The second-order valence-corrected chi connectivity index (χ2v) is 6.06. The molecule has 1 aliphatic heterocycles. The number of ether oxygens (including phenoxy) is 2. The lowest BCUT2D eigenvalue weighted by Crippen LogP contribution is -2.24. The molecule has 0 radical (unpaired) electrons. The molecular weight excluding hydrogens is 248 g/mol. The van der Waals surface area contributed by atoms with Crippen molar-refractivity contribution < 1.29 is 9.47 Å². The predicted molar refractivity (Wildman–Crippen MR) is 72.0 cm³/mol. The first kappa shape index (κ1) is 13.6. The summed E-state index contributed by atoms with van der Waals surface area (Å²) >= 11 is 5.35. The first-order chi connectivity index (χ1) is 8.43. The molecule has 1 unspecified atom stereocenters. The van der Waals surface area contributed by atoms with E-state index in [1.54, 1.807) is 7.11 Å². The van der Waals surface area contributed by atoms with Crippen molar-refractivity contribution in [1.82, 2.24) is 9.97 Å². The monoisotopic (exact) mass is 268 g/mol. The summed E-state index contributed by atoms with van der Waals surface area (Å²) < 4.78 is 11.6. The van der Waals surface area contributed by atoms with Crippen LogP contribution in [0.2, 0.25) is 0 Å². The van der Waals surface area contributed by atoms with Gasteiger partial charge in [0.2, 0.25) is 0 Å². The van der Waals surface area contributed by atoms with Crippen molar-refractivity contribution in [3.05, 3.63) is 21.7 Å². The van der Waals surface area contributed by atoms with Crippen molar-refractivity contribution in [3.63, 3.8) is 0 Å². The number of hydrogen-bond acceptors (Lipinski definition) is 4. The van der Waals surface area contributed by atoms with E-state index in [4.69, 9.17) is 21.7 Å². The minimum atomic E-state index is -0.0904. The van der Waals surface area contributed by atoms with Gasteiger partial charge in [-0.25, -0.2) is 4.98 Å². The van der Waals surface area contributed by atoms with Crippen LogP contribution in [0.25, 0.3) is 0 Å². The standard InChI is InChI=1S/C13H20N2O2S/c1-13(2,3)10(16-4)11-14-9-5-6-17-7-8(9)12(18)15-11/h10H,5-7H2,1-4H3,(H,14,15,18). The quantitative estimate of drug-likeness (QED) is 0.838. The van der Waals surface area contributed by atoms with Gasteiger partial charge in [-0.15, -0.1) is 0 Å². The fourth-order valence-electron chi connectivity index (χ4n) is 2.27. The van der Waals surface area contributed by atoms with Crippen LogP contribution in [0.1, 0.15) is 44.0 Å². The highest BCUT2D eigenvalue weighted by Crippen LogP contribution is 2.34. The molecular formula is C13H20N2O2S. The third-order valence-corrected chi connectivity index (χ3v) is 3.47. The molecule has 0 amide bonds. The van der Waals surface area contributed by atoms with Gasteiger partial charge in [0.05, 0.1) is 13.2 Å². The number of hydrogen-bond donors (Lipinski definition) is 1. The zero-order chi connectivity index (χ0) is 13.3. The number of rotatable bonds is 2. The topological polar surface area (TPSA) is 47.1 Å². The molecule has 0 fully saturated rings. The minimum Gasteiger partial charge on any atom is -0.376 e. The number of aromatic amines is 1. The fraction of sp³-hybridized carbons (Fsp3) is 0.692. The van der Waals surface area contributed by atoms with Crippen LogP contribution in [-0.2, 0) is 22.5 Å². The molecule has 4 nitrogen and oxygen atoms in total. The smallest absolute Gasteiger partial charge is 0.137 e. The summed E-state index contributed by atoms with van der Waals surface area (Å²) in [5.74, 6) is 0.815. The van der Waals surface area contributed by atoms with Crippen LogP contribution < -0.4 is 0 Å². The molecule has 1 atom stereocenters. The van der Waals surface area contributed by atoms with Gasteiger partial charge in [-0.3, -0.25) is 0 Å². The Kier molecular flexibility index (Phi) is 3.84. The lowest BCUT2D eigenvalue weighted by molar-refractivity contribution is 0.00796. The van der Waals surface area contributed by atoms with Gasteiger partial charge in [0.1, 0.15) is 16.6 Å². The van der Waals surface area contributed by atoms with Crippen LogP contribution in [0.4, 0.5) is 0 Å². The second-order valence-electron chi connectivity index (χ2n) is 5.67. The van der Waals surface area contributed by atoms with Crippen LogP contribution in [0.15, 0.2) is 0 Å². The van der Waals surface area contributed by atoms with E-state index in [0.29, 0.717) is 11.2 Å². The molecule has 0 spiro atoms. The van der Waals surface area contributed by atoms with Gasteiger partial charge in [-0.2, -0.15) is 0 Å². The van der Waals surface area contributed by atoms with Gasteiger partial charge in [0.25, 0.3) is 0 Å². The van der Waals surface area contributed by atoms with Crippen molar-refractivity contribution >= 4 is 12.2 Å². The number of methoxy groups -OCH3 is 1. The van der Waals surface area contributed by atoms with Crippen LogP contribution in [-0.4, -0.2) is 23.7 Å². The molecule has 5 heteroatoms. The highest BCUT2D eigenvalue weighted by Gasteiger charge is 2.29. The maximum absolute atomic E-state index is 5.58. The zero-order valence-corrected chi connectivity index (χ0v) is 12.2. The van der Waals surface area contributed by atoms with Gasteiger partial charge in [0.15, 0.2) is 0 Å². The summed E-state index contributed by atoms with van der Waals surface area (Å²) in [4.78, 5) is 7.86. The number of fused-ring (bicyclic) bond motifs is 1. The maximum Gasteiger partial charge on any atom is 0.137 e. The van der Waals surface area contributed by atoms with Crippen molar-refractivity contribution in [3.8, 4) is 0 Å². The van der Waals surface area contributed by atoms with Gasteiger partial charge >= 0.3 is 0 Å². The molecule has 2 rings (SSSR count). The van der Waals surface area contributed by atoms with Gasteiger partial charge < -0.3 is 14.5 Å². The summed E-state index contributed by atoms with van der Waals surface area (Å²) in [5.41, 5.74) is 2.13. The summed E-state index contributed by atoms with van der Waals surface area (Å²) in [5, 5.41) is 0.